The van der Waals surface area contributed by atoms with E-state index < -0.39 is 5.97 Å². The van der Waals surface area contributed by atoms with Gasteiger partial charge in [-0.2, -0.15) is 0 Å². The van der Waals surface area contributed by atoms with Crippen LogP contribution in [0.3, 0.4) is 0 Å². The van der Waals surface area contributed by atoms with Crippen LogP contribution in [-0.4, -0.2) is 16.1 Å². The molecule has 0 radical (unpaired) electrons. The third kappa shape index (κ3) is 3.36. The molecule has 1 N–H and O–H groups in total. The van der Waals surface area contributed by atoms with Gasteiger partial charge in [-0.05, 0) is 23.8 Å². The Labute approximate surface area is 135 Å². The van der Waals surface area contributed by atoms with Crippen LogP contribution in [0.2, 0.25) is 20.2 Å². The van der Waals surface area contributed by atoms with E-state index in [9.17, 15) is 4.79 Å². The lowest BCUT2D eigenvalue weighted by Crippen LogP contribution is -2.03. The van der Waals surface area contributed by atoms with E-state index in [0.29, 0.717) is 21.8 Å². The van der Waals surface area contributed by atoms with Crippen molar-refractivity contribution in [3.05, 3.63) is 50.0 Å². The molecule has 1 aromatic carbocycles. The van der Waals surface area contributed by atoms with Crippen molar-refractivity contribution in [1.29, 1.82) is 0 Å². The highest BCUT2D eigenvalue weighted by Gasteiger charge is 2.17. The van der Waals surface area contributed by atoms with E-state index in [4.69, 9.17) is 51.5 Å². The fraction of sp³-hybridized carbons (Fsp3) is 0.0769. The van der Waals surface area contributed by atoms with Crippen LogP contribution in [0.4, 0.5) is 0 Å². The first kappa shape index (κ1) is 15.4. The molecule has 20 heavy (non-hydrogen) atoms. The molecule has 0 atom stereocenters. The molecule has 0 spiro atoms. The highest BCUT2D eigenvalue weighted by molar-refractivity contribution is 6.41. The predicted octanol–water partition coefficient (Wildman–Crippen LogP) is 4.99. The Morgan fingerprint density at radius 2 is 1.70 bits per heavy atom. The van der Waals surface area contributed by atoms with E-state index >= 15 is 0 Å². The standard InChI is InChI=1S/C13H7Cl4NO2/c14-7-4-8(15)12(9(16)5-7)13-6(3-11(19)20)1-2-10(17)18-13/h1-2,4-5H,3H2,(H,19,20). The lowest BCUT2D eigenvalue weighted by Gasteiger charge is -2.11. The van der Waals surface area contributed by atoms with Gasteiger partial charge in [0.15, 0.2) is 0 Å². The van der Waals surface area contributed by atoms with E-state index in [1.54, 1.807) is 6.07 Å². The molecule has 0 unspecified atom stereocenters. The lowest BCUT2D eigenvalue weighted by molar-refractivity contribution is -0.136. The van der Waals surface area contributed by atoms with Gasteiger partial charge in [-0.3, -0.25) is 4.79 Å². The maximum Gasteiger partial charge on any atom is 0.307 e. The van der Waals surface area contributed by atoms with Crippen LogP contribution in [0.15, 0.2) is 24.3 Å². The first-order valence-corrected chi connectivity index (χ1v) is 6.92. The largest absolute Gasteiger partial charge is 0.481 e. The first-order valence-electron chi connectivity index (χ1n) is 5.40. The summed E-state index contributed by atoms with van der Waals surface area (Å²) in [6.07, 6.45) is -0.214. The maximum absolute atomic E-state index is 10.9. The van der Waals surface area contributed by atoms with Crippen LogP contribution >= 0.6 is 46.4 Å². The van der Waals surface area contributed by atoms with Crippen molar-refractivity contribution in [3.63, 3.8) is 0 Å². The highest BCUT2D eigenvalue weighted by atomic mass is 35.5. The molecule has 0 amide bonds. The Balaban J connectivity index is 2.68. The van der Waals surface area contributed by atoms with Gasteiger partial charge in [0.25, 0.3) is 0 Å². The smallest absolute Gasteiger partial charge is 0.307 e. The number of carboxylic acids is 1. The minimum Gasteiger partial charge on any atom is -0.481 e. The Bertz CT molecular complexity index is 665. The number of aliphatic carboxylic acids is 1. The summed E-state index contributed by atoms with van der Waals surface area (Å²) in [4.78, 5) is 15.1. The van der Waals surface area contributed by atoms with Crippen molar-refractivity contribution in [2.75, 3.05) is 0 Å². The third-order valence-corrected chi connectivity index (χ3v) is 3.56. The van der Waals surface area contributed by atoms with E-state index in [2.05, 4.69) is 4.98 Å². The molecule has 104 valence electrons. The average Bonchev–Trinajstić information content (AvgIpc) is 2.30. The van der Waals surface area contributed by atoms with Gasteiger partial charge in [0.2, 0.25) is 0 Å². The summed E-state index contributed by atoms with van der Waals surface area (Å²) in [5.41, 5.74) is 1.22. The summed E-state index contributed by atoms with van der Waals surface area (Å²) in [5.74, 6) is -0.989. The Morgan fingerprint density at radius 1 is 1.10 bits per heavy atom. The number of benzene rings is 1. The van der Waals surface area contributed by atoms with Crippen LogP contribution in [0.1, 0.15) is 5.56 Å². The second kappa shape index (κ2) is 6.19. The SMILES string of the molecule is O=C(O)Cc1ccc(Cl)nc1-c1c(Cl)cc(Cl)cc1Cl. The Kier molecular flexibility index (Phi) is 4.76. The van der Waals surface area contributed by atoms with Gasteiger partial charge in [0, 0.05) is 10.6 Å². The van der Waals surface area contributed by atoms with Gasteiger partial charge in [-0.15, -0.1) is 0 Å². The van der Waals surface area contributed by atoms with Crippen LogP contribution < -0.4 is 0 Å². The van der Waals surface area contributed by atoms with Gasteiger partial charge in [-0.1, -0.05) is 52.5 Å². The number of hydrogen-bond acceptors (Lipinski definition) is 2. The number of halogens is 4. The van der Waals surface area contributed by atoms with Crippen molar-refractivity contribution in [2.24, 2.45) is 0 Å². The minimum atomic E-state index is -0.989. The fourth-order valence-corrected chi connectivity index (χ4v) is 2.90. The van der Waals surface area contributed by atoms with Gasteiger partial charge < -0.3 is 5.11 Å². The quantitative estimate of drug-likeness (QED) is 0.793. The molecule has 7 heteroatoms. The van der Waals surface area contributed by atoms with Crippen LogP contribution in [0.5, 0.6) is 0 Å². The highest BCUT2D eigenvalue weighted by Crippen LogP contribution is 2.38. The number of pyridine rings is 1. The van der Waals surface area contributed by atoms with E-state index in [1.807, 2.05) is 0 Å². The molecule has 0 aliphatic heterocycles. The van der Waals surface area contributed by atoms with Gasteiger partial charge in [0.05, 0.1) is 22.2 Å². The van der Waals surface area contributed by atoms with Gasteiger partial charge in [-0.25, -0.2) is 4.98 Å². The maximum atomic E-state index is 10.9. The second-order valence-electron chi connectivity index (χ2n) is 3.96. The zero-order valence-corrected chi connectivity index (χ0v) is 12.9. The molecule has 1 aromatic heterocycles. The summed E-state index contributed by atoms with van der Waals surface area (Å²) in [6, 6.07) is 6.12. The monoisotopic (exact) mass is 349 g/mol. The molecule has 0 fully saturated rings. The number of carbonyl (C=O) groups is 1. The molecular weight excluding hydrogens is 344 g/mol. The molecule has 0 saturated carbocycles. The number of hydrogen-bond donors (Lipinski definition) is 1. The normalized spacial score (nSPS) is 10.6. The van der Waals surface area contributed by atoms with Gasteiger partial charge in [0.1, 0.15) is 5.15 Å². The number of nitrogens with zero attached hydrogens (tertiary/aromatic N) is 1. The molecule has 3 nitrogen and oxygen atoms in total. The first-order chi connectivity index (χ1) is 9.38. The summed E-state index contributed by atoms with van der Waals surface area (Å²) in [6.45, 7) is 0. The molecule has 2 rings (SSSR count). The van der Waals surface area contributed by atoms with Crippen molar-refractivity contribution >= 4 is 52.4 Å². The molecule has 2 aromatic rings. The second-order valence-corrected chi connectivity index (χ2v) is 5.59. The average molecular weight is 351 g/mol. The van der Waals surface area contributed by atoms with Crippen molar-refractivity contribution in [2.45, 2.75) is 6.42 Å². The van der Waals surface area contributed by atoms with E-state index in [1.165, 1.54) is 18.2 Å². The molecule has 0 bridgehead atoms. The van der Waals surface area contributed by atoms with Crippen molar-refractivity contribution in [3.8, 4) is 11.3 Å². The van der Waals surface area contributed by atoms with E-state index in [-0.39, 0.29) is 21.6 Å². The van der Waals surface area contributed by atoms with Crippen LogP contribution in [0, 0.1) is 0 Å². The Hall–Kier alpha value is -1.000. The zero-order chi connectivity index (χ0) is 14.9. The molecule has 0 aliphatic rings. The van der Waals surface area contributed by atoms with Crippen LogP contribution in [0.25, 0.3) is 11.3 Å². The summed E-state index contributed by atoms with van der Waals surface area (Å²) < 4.78 is 0. The molecule has 1 heterocycles. The summed E-state index contributed by atoms with van der Waals surface area (Å²) in [7, 11) is 0. The summed E-state index contributed by atoms with van der Waals surface area (Å²) >= 11 is 24.0. The minimum absolute atomic E-state index is 0.214. The summed E-state index contributed by atoms with van der Waals surface area (Å²) in [5, 5.41) is 10.1. The zero-order valence-electron chi connectivity index (χ0n) is 9.83. The molecular formula is C13H7Cl4NO2. The van der Waals surface area contributed by atoms with Crippen LogP contribution in [-0.2, 0) is 11.2 Å². The lowest BCUT2D eigenvalue weighted by atomic mass is 10.0. The molecule has 0 saturated heterocycles. The number of rotatable bonds is 3. The number of carboxylic acid groups (broad SMARTS) is 1. The van der Waals surface area contributed by atoms with E-state index in [0.717, 1.165) is 0 Å². The topological polar surface area (TPSA) is 50.2 Å². The van der Waals surface area contributed by atoms with Crippen molar-refractivity contribution < 1.29 is 9.90 Å². The third-order valence-electron chi connectivity index (χ3n) is 2.53. The van der Waals surface area contributed by atoms with Gasteiger partial charge >= 0.3 is 5.97 Å². The fourth-order valence-electron chi connectivity index (χ4n) is 1.75. The molecule has 0 aliphatic carbocycles. The number of aromatic nitrogens is 1. The Morgan fingerprint density at radius 3 is 2.25 bits per heavy atom. The predicted molar refractivity (Wildman–Crippen MR) is 81.1 cm³/mol. The van der Waals surface area contributed by atoms with Crippen molar-refractivity contribution in [1.82, 2.24) is 4.98 Å².